The van der Waals surface area contributed by atoms with Crippen LogP contribution < -0.4 is 10.0 Å². The van der Waals surface area contributed by atoms with Gasteiger partial charge in [0.2, 0.25) is 16.0 Å². The van der Waals surface area contributed by atoms with Gasteiger partial charge in [-0.2, -0.15) is 0 Å². The van der Waals surface area contributed by atoms with Crippen LogP contribution in [0.4, 0.5) is 11.6 Å². The largest absolute Gasteiger partial charge is 0.353 e. The second-order valence-electron chi connectivity index (χ2n) is 8.63. The van der Waals surface area contributed by atoms with E-state index in [4.69, 9.17) is 4.98 Å². The molecule has 0 unspecified atom stereocenters. The molecule has 1 aliphatic carbocycles. The maximum atomic E-state index is 12.4. The van der Waals surface area contributed by atoms with Crippen LogP contribution in [0.3, 0.4) is 0 Å². The molecule has 0 aliphatic heterocycles. The number of hydrogen-bond donors (Lipinski definition) is 2. The van der Waals surface area contributed by atoms with E-state index in [1.165, 1.54) is 17.6 Å². The van der Waals surface area contributed by atoms with Crippen LogP contribution in [-0.4, -0.2) is 55.6 Å². The summed E-state index contributed by atoms with van der Waals surface area (Å²) in [4.78, 5) is 14.5. The summed E-state index contributed by atoms with van der Waals surface area (Å²) in [6, 6.07) is 8.99. The number of thiazole rings is 1. The van der Waals surface area contributed by atoms with E-state index in [-0.39, 0.29) is 23.5 Å². The first-order valence-electron chi connectivity index (χ1n) is 10.9. The Labute approximate surface area is 204 Å². The highest BCUT2D eigenvalue weighted by Gasteiger charge is 2.35. The zero-order valence-electron chi connectivity index (χ0n) is 19.1. The zero-order chi connectivity index (χ0) is 24.5. The molecule has 1 fully saturated rings. The predicted octanol–water partition coefficient (Wildman–Crippen LogP) is 3.75. The molecule has 9 nitrogen and oxygen atoms in total. The van der Waals surface area contributed by atoms with Gasteiger partial charge in [0.1, 0.15) is 9.84 Å². The second kappa shape index (κ2) is 9.59. The number of nitrogens with one attached hydrogen (secondary N) is 2. The van der Waals surface area contributed by atoms with Crippen LogP contribution in [0.15, 0.2) is 36.5 Å². The Kier molecular flexibility index (Phi) is 6.92. The Bertz CT molecular complexity index is 1400. The number of sulfone groups is 1. The second-order valence-corrected chi connectivity index (χ2v) is 13.9. The lowest BCUT2D eigenvalue weighted by Gasteiger charge is -2.09. The molecule has 0 bridgehead atoms. The third kappa shape index (κ3) is 6.10. The third-order valence-corrected chi connectivity index (χ3v) is 9.33. The Balaban J connectivity index is 1.67. The van der Waals surface area contributed by atoms with Crippen molar-refractivity contribution in [2.75, 3.05) is 28.6 Å². The van der Waals surface area contributed by atoms with E-state index >= 15 is 0 Å². The Morgan fingerprint density at radius 2 is 1.88 bits per heavy atom. The Morgan fingerprint density at radius 1 is 1.12 bits per heavy atom. The van der Waals surface area contributed by atoms with E-state index in [9.17, 15) is 16.8 Å². The van der Waals surface area contributed by atoms with Crippen LogP contribution in [0, 0.1) is 0 Å². The minimum atomic E-state index is -3.37. The van der Waals surface area contributed by atoms with Gasteiger partial charge in [-0.25, -0.2) is 31.8 Å². The lowest BCUT2D eigenvalue weighted by atomic mass is 10.1. The standard InChI is InChI=1S/C22H27N5O4S3/c1-14(2)21-26-19(15-5-4-6-16(13-15)27-34(30,31)17-7-8-17)20(32-21)18-9-10-23-22(25-18)24-11-12-33(3,28)29/h4-6,9-10,13-14,17,27H,7-8,11-12H2,1-3H3,(H,23,24,25). The maximum absolute atomic E-state index is 12.4. The molecule has 1 aromatic carbocycles. The fraction of sp³-hybridized carbons (Fsp3) is 0.409. The minimum absolute atomic E-state index is 0.0204. The lowest BCUT2D eigenvalue weighted by molar-refractivity contribution is 0.599. The average Bonchev–Trinajstić information content (AvgIpc) is 3.52. The van der Waals surface area contributed by atoms with E-state index in [0.29, 0.717) is 35.9 Å². The highest BCUT2D eigenvalue weighted by atomic mass is 32.2. The number of benzene rings is 1. The number of rotatable bonds is 10. The van der Waals surface area contributed by atoms with Crippen LogP contribution in [0.25, 0.3) is 21.8 Å². The number of nitrogens with zero attached hydrogens (tertiary/aromatic N) is 3. The monoisotopic (exact) mass is 521 g/mol. The fourth-order valence-corrected chi connectivity index (χ4v) is 6.14. The molecule has 34 heavy (non-hydrogen) atoms. The summed E-state index contributed by atoms with van der Waals surface area (Å²) in [6.07, 6.45) is 4.18. The molecule has 4 rings (SSSR count). The number of sulfonamides is 1. The molecule has 0 spiro atoms. The highest BCUT2D eigenvalue weighted by Crippen LogP contribution is 2.39. The summed E-state index contributed by atoms with van der Waals surface area (Å²) < 4.78 is 50.3. The van der Waals surface area contributed by atoms with Crippen molar-refractivity contribution in [3.8, 4) is 21.8 Å². The van der Waals surface area contributed by atoms with Crippen molar-refractivity contribution in [2.45, 2.75) is 37.9 Å². The van der Waals surface area contributed by atoms with Gasteiger partial charge in [-0.3, -0.25) is 4.72 Å². The smallest absolute Gasteiger partial charge is 0.235 e. The van der Waals surface area contributed by atoms with Crippen LogP contribution in [0.5, 0.6) is 0 Å². The number of aromatic nitrogens is 3. The Morgan fingerprint density at radius 3 is 2.56 bits per heavy atom. The first kappa shape index (κ1) is 24.6. The van der Waals surface area contributed by atoms with Gasteiger partial charge in [0.05, 0.1) is 32.3 Å². The topological polar surface area (TPSA) is 131 Å². The predicted molar refractivity (Wildman–Crippen MR) is 136 cm³/mol. The van der Waals surface area contributed by atoms with Crippen molar-refractivity contribution in [1.82, 2.24) is 15.0 Å². The van der Waals surface area contributed by atoms with Gasteiger partial charge in [-0.15, -0.1) is 11.3 Å². The number of hydrogen-bond acceptors (Lipinski definition) is 9. The van der Waals surface area contributed by atoms with Crippen molar-refractivity contribution in [3.05, 3.63) is 41.5 Å². The van der Waals surface area contributed by atoms with Crippen molar-refractivity contribution in [3.63, 3.8) is 0 Å². The highest BCUT2D eigenvalue weighted by molar-refractivity contribution is 7.93. The van der Waals surface area contributed by atoms with Gasteiger partial charge in [-0.05, 0) is 31.0 Å². The molecular formula is C22H27N5O4S3. The van der Waals surface area contributed by atoms with Crippen LogP contribution in [-0.2, 0) is 19.9 Å². The molecule has 1 aliphatic rings. The Hall–Kier alpha value is -2.57. The van der Waals surface area contributed by atoms with Crippen molar-refractivity contribution in [1.29, 1.82) is 0 Å². The van der Waals surface area contributed by atoms with E-state index in [1.54, 1.807) is 30.5 Å². The summed E-state index contributed by atoms with van der Waals surface area (Å²) in [5, 5.41) is 3.58. The minimum Gasteiger partial charge on any atom is -0.353 e. The van der Waals surface area contributed by atoms with E-state index in [2.05, 4.69) is 33.9 Å². The molecule has 0 radical (unpaired) electrons. The van der Waals surface area contributed by atoms with Crippen molar-refractivity contribution in [2.24, 2.45) is 0 Å². The molecular weight excluding hydrogens is 494 g/mol. The van der Waals surface area contributed by atoms with Gasteiger partial charge >= 0.3 is 0 Å². The normalized spacial score (nSPS) is 14.4. The molecule has 0 atom stereocenters. The van der Waals surface area contributed by atoms with Crippen LogP contribution in [0.2, 0.25) is 0 Å². The van der Waals surface area contributed by atoms with Gasteiger partial charge in [0.15, 0.2) is 0 Å². The molecule has 0 saturated heterocycles. The zero-order valence-corrected chi connectivity index (χ0v) is 21.6. The summed E-state index contributed by atoms with van der Waals surface area (Å²) in [7, 11) is -6.47. The van der Waals surface area contributed by atoms with Crippen molar-refractivity contribution < 1.29 is 16.8 Å². The first-order chi connectivity index (χ1) is 16.0. The molecule has 182 valence electrons. The quantitative estimate of drug-likeness (QED) is 0.412. The molecule has 2 aromatic heterocycles. The summed E-state index contributed by atoms with van der Waals surface area (Å²) in [6.45, 7) is 4.33. The van der Waals surface area contributed by atoms with Gasteiger partial charge in [0.25, 0.3) is 0 Å². The van der Waals surface area contributed by atoms with Gasteiger partial charge in [0, 0.05) is 36.2 Å². The van der Waals surface area contributed by atoms with Gasteiger partial charge < -0.3 is 5.32 Å². The fourth-order valence-electron chi connectivity index (χ4n) is 3.23. The summed E-state index contributed by atoms with van der Waals surface area (Å²) >= 11 is 1.52. The number of anilines is 2. The van der Waals surface area contributed by atoms with E-state index in [1.807, 2.05) is 6.07 Å². The molecule has 12 heteroatoms. The SMILES string of the molecule is CC(C)c1nc(-c2cccc(NS(=O)(=O)C3CC3)c2)c(-c2ccnc(NCCS(C)(=O)=O)n2)s1. The third-order valence-electron chi connectivity index (χ3n) is 5.14. The maximum Gasteiger partial charge on any atom is 0.235 e. The van der Waals surface area contributed by atoms with E-state index in [0.717, 1.165) is 15.4 Å². The molecule has 2 N–H and O–H groups in total. The first-order valence-corrected chi connectivity index (χ1v) is 15.3. The van der Waals surface area contributed by atoms with Crippen molar-refractivity contribution >= 4 is 42.8 Å². The van der Waals surface area contributed by atoms with Crippen LogP contribution >= 0.6 is 11.3 Å². The summed E-state index contributed by atoms with van der Waals surface area (Å²) in [5.41, 5.74) is 2.64. The average molecular weight is 522 g/mol. The van der Waals surface area contributed by atoms with E-state index < -0.39 is 19.9 Å². The lowest BCUT2D eigenvalue weighted by Crippen LogP contribution is -2.17. The van der Waals surface area contributed by atoms with Gasteiger partial charge in [-0.1, -0.05) is 26.0 Å². The molecule has 1 saturated carbocycles. The summed E-state index contributed by atoms with van der Waals surface area (Å²) in [5.74, 6) is 0.508. The molecule has 0 amide bonds. The molecule has 2 heterocycles. The van der Waals surface area contributed by atoms with Crippen LogP contribution in [0.1, 0.15) is 37.6 Å². The molecule has 3 aromatic rings.